The van der Waals surface area contributed by atoms with E-state index in [1.54, 1.807) is 0 Å². The highest BCUT2D eigenvalue weighted by Gasteiger charge is 2.19. The Balaban J connectivity index is 0.904. The zero-order valence-electron chi connectivity index (χ0n) is 37.4. The van der Waals surface area contributed by atoms with Crippen molar-refractivity contribution >= 4 is 65.5 Å². The van der Waals surface area contributed by atoms with E-state index in [9.17, 15) is 0 Å². The normalized spacial score (nSPS) is 11.8. The summed E-state index contributed by atoms with van der Waals surface area (Å²) in [7, 11) is 0. The molecule has 5 aromatic heterocycles. The standard InChI is InChI=1S/C64H41N5/c1-4-16-42(17-5-1)56-40-50(41-57(66-56)43-18-6-2-7-19-43)69-59-27-13-11-25-52(59)54-37-45(30-33-60(54)69)47-29-32-53-51-24-10-12-26-58(51)68(63(53)39-47)49-23-14-20-44(36-49)46-31-34-61-55(38-46)64-62(28-15-35-65-64)67(61)48-21-8-3-9-22-48/h1-41H. The monoisotopic (exact) mass is 879 g/mol. The van der Waals surface area contributed by atoms with Crippen LogP contribution in [-0.4, -0.2) is 23.7 Å². The summed E-state index contributed by atoms with van der Waals surface area (Å²) < 4.78 is 7.15. The van der Waals surface area contributed by atoms with E-state index in [0.29, 0.717) is 0 Å². The first-order valence-corrected chi connectivity index (χ1v) is 23.5. The van der Waals surface area contributed by atoms with Crippen molar-refractivity contribution < 1.29 is 0 Å². The van der Waals surface area contributed by atoms with E-state index >= 15 is 0 Å². The van der Waals surface area contributed by atoms with E-state index in [4.69, 9.17) is 9.97 Å². The fourth-order valence-corrected chi connectivity index (χ4v) is 10.7. The Bertz CT molecular complexity index is 4240. The fraction of sp³-hybridized carbons (Fsp3) is 0. The maximum atomic E-state index is 5.20. The molecule has 0 fully saturated rings. The van der Waals surface area contributed by atoms with Crippen LogP contribution in [0.3, 0.4) is 0 Å². The zero-order valence-corrected chi connectivity index (χ0v) is 37.4. The van der Waals surface area contributed by atoms with Gasteiger partial charge < -0.3 is 13.7 Å². The molecule has 0 aliphatic heterocycles. The lowest BCUT2D eigenvalue weighted by Crippen LogP contribution is -1.98. The van der Waals surface area contributed by atoms with Crippen molar-refractivity contribution in [2.45, 2.75) is 0 Å². The third-order valence-electron chi connectivity index (χ3n) is 13.9. The Morgan fingerprint density at radius 2 is 0.710 bits per heavy atom. The summed E-state index contributed by atoms with van der Waals surface area (Å²) in [6.07, 6.45) is 1.89. The van der Waals surface area contributed by atoms with Gasteiger partial charge in [-0.2, -0.15) is 0 Å². The van der Waals surface area contributed by atoms with Gasteiger partial charge in [0, 0.05) is 55.6 Å². The second kappa shape index (κ2) is 15.7. The molecule has 14 aromatic rings. The highest BCUT2D eigenvalue weighted by atomic mass is 15.0. The molecule has 69 heavy (non-hydrogen) atoms. The number of pyridine rings is 2. The van der Waals surface area contributed by atoms with Gasteiger partial charge in [0.1, 0.15) is 0 Å². The number of benzene rings is 9. The summed E-state index contributed by atoms with van der Waals surface area (Å²) in [5, 5.41) is 5.99. The Kier molecular flexibility index (Phi) is 8.83. The van der Waals surface area contributed by atoms with Crippen LogP contribution in [0.1, 0.15) is 0 Å². The highest BCUT2D eigenvalue weighted by molar-refractivity contribution is 6.13. The van der Waals surface area contributed by atoms with Crippen molar-refractivity contribution in [3.8, 4) is 61.8 Å². The van der Waals surface area contributed by atoms with Crippen molar-refractivity contribution in [2.24, 2.45) is 0 Å². The number of fused-ring (bicyclic) bond motifs is 9. The molecule has 0 atom stereocenters. The van der Waals surface area contributed by atoms with Gasteiger partial charge in [-0.05, 0) is 113 Å². The molecule has 0 amide bonds. The third-order valence-corrected chi connectivity index (χ3v) is 13.9. The van der Waals surface area contributed by atoms with Gasteiger partial charge in [0.25, 0.3) is 0 Å². The average Bonchev–Trinajstić information content (AvgIpc) is 4.06. The van der Waals surface area contributed by atoms with Crippen LogP contribution in [0.2, 0.25) is 0 Å². The summed E-state index contributed by atoms with van der Waals surface area (Å²) in [5.41, 5.74) is 19.9. The summed E-state index contributed by atoms with van der Waals surface area (Å²) in [5.74, 6) is 0. The molecule has 0 N–H and O–H groups in total. The van der Waals surface area contributed by atoms with Crippen LogP contribution >= 0.6 is 0 Å². The SMILES string of the molecule is c1ccc(-c2cc(-n3c4ccccc4c4cc(-c5ccc6c7ccccc7n(-c7cccc(-c8ccc9c(c8)c8ncccc8n9-c8ccccc8)c7)c6c5)ccc43)cc(-c3ccccc3)n2)cc1. The minimum absolute atomic E-state index is 0.939. The summed E-state index contributed by atoms with van der Waals surface area (Å²) in [6.45, 7) is 0. The summed E-state index contributed by atoms with van der Waals surface area (Å²) >= 11 is 0. The van der Waals surface area contributed by atoms with Crippen molar-refractivity contribution in [1.82, 2.24) is 23.7 Å². The molecule has 9 aromatic carbocycles. The van der Waals surface area contributed by atoms with Crippen molar-refractivity contribution in [3.63, 3.8) is 0 Å². The van der Waals surface area contributed by atoms with Crippen molar-refractivity contribution in [3.05, 3.63) is 249 Å². The molecule has 5 heteroatoms. The van der Waals surface area contributed by atoms with Crippen LogP contribution in [-0.2, 0) is 0 Å². The molecular formula is C64H41N5. The van der Waals surface area contributed by atoms with Crippen LogP contribution in [0.15, 0.2) is 249 Å². The fourth-order valence-electron chi connectivity index (χ4n) is 10.7. The summed E-state index contributed by atoms with van der Waals surface area (Å²) in [6, 6.07) is 87.3. The Hall–Kier alpha value is -9.32. The third kappa shape index (κ3) is 6.32. The number of para-hydroxylation sites is 3. The second-order valence-electron chi connectivity index (χ2n) is 17.8. The van der Waals surface area contributed by atoms with E-state index in [-0.39, 0.29) is 0 Å². The molecule has 0 aliphatic rings. The Morgan fingerprint density at radius 1 is 0.246 bits per heavy atom. The molecule has 14 rings (SSSR count). The smallest absolute Gasteiger partial charge is 0.0963 e. The van der Waals surface area contributed by atoms with Crippen molar-refractivity contribution in [1.29, 1.82) is 0 Å². The molecule has 0 saturated carbocycles. The Labute approximate surface area is 398 Å². The van der Waals surface area contributed by atoms with E-state index in [2.05, 4.69) is 250 Å². The van der Waals surface area contributed by atoms with Crippen LogP contribution < -0.4 is 0 Å². The topological polar surface area (TPSA) is 40.6 Å². The minimum atomic E-state index is 0.939. The van der Waals surface area contributed by atoms with Gasteiger partial charge in [0.05, 0.1) is 55.7 Å². The van der Waals surface area contributed by atoms with Gasteiger partial charge in [-0.25, -0.2) is 4.98 Å². The first-order valence-electron chi connectivity index (χ1n) is 23.5. The van der Waals surface area contributed by atoms with Gasteiger partial charge in [-0.3, -0.25) is 4.98 Å². The van der Waals surface area contributed by atoms with E-state index in [1.807, 2.05) is 12.3 Å². The van der Waals surface area contributed by atoms with E-state index < -0.39 is 0 Å². The molecule has 5 nitrogen and oxygen atoms in total. The molecule has 0 bridgehead atoms. The molecule has 5 heterocycles. The molecule has 0 spiro atoms. The maximum Gasteiger partial charge on any atom is 0.0963 e. The number of nitrogens with zero attached hydrogens (tertiary/aromatic N) is 5. The predicted octanol–water partition coefficient (Wildman–Crippen LogP) is 16.4. The quantitative estimate of drug-likeness (QED) is 0.160. The second-order valence-corrected chi connectivity index (χ2v) is 17.8. The molecule has 0 saturated heterocycles. The first kappa shape index (κ1) is 38.9. The zero-order chi connectivity index (χ0) is 45.4. The maximum absolute atomic E-state index is 5.20. The van der Waals surface area contributed by atoms with Gasteiger partial charge >= 0.3 is 0 Å². The number of aromatic nitrogens is 5. The van der Waals surface area contributed by atoms with Gasteiger partial charge in [-0.15, -0.1) is 0 Å². The first-order chi connectivity index (χ1) is 34.2. The number of rotatable bonds is 7. The molecule has 0 unspecified atom stereocenters. The Morgan fingerprint density at radius 3 is 1.41 bits per heavy atom. The molecule has 0 aliphatic carbocycles. The number of hydrogen-bond acceptors (Lipinski definition) is 2. The largest absolute Gasteiger partial charge is 0.309 e. The molecule has 322 valence electrons. The molecule has 0 radical (unpaired) electrons. The van der Waals surface area contributed by atoms with Crippen LogP contribution in [0, 0.1) is 0 Å². The van der Waals surface area contributed by atoms with Gasteiger partial charge in [-0.1, -0.05) is 152 Å². The van der Waals surface area contributed by atoms with E-state index in [0.717, 1.165) is 94.8 Å². The van der Waals surface area contributed by atoms with Crippen LogP contribution in [0.4, 0.5) is 0 Å². The molecular weight excluding hydrogens is 839 g/mol. The minimum Gasteiger partial charge on any atom is -0.309 e. The summed E-state index contributed by atoms with van der Waals surface area (Å²) in [4.78, 5) is 10.1. The van der Waals surface area contributed by atoms with Gasteiger partial charge in [0.15, 0.2) is 0 Å². The highest BCUT2D eigenvalue weighted by Crippen LogP contribution is 2.41. The lowest BCUT2D eigenvalue weighted by Gasteiger charge is -2.13. The van der Waals surface area contributed by atoms with Gasteiger partial charge in [0.2, 0.25) is 0 Å². The predicted molar refractivity (Wildman–Crippen MR) is 287 cm³/mol. The number of hydrogen-bond donors (Lipinski definition) is 0. The van der Waals surface area contributed by atoms with Crippen molar-refractivity contribution in [2.75, 3.05) is 0 Å². The van der Waals surface area contributed by atoms with Crippen LogP contribution in [0.5, 0.6) is 0 Å². The van der Waals surface area contributed by atoms with Crippen LogP contribution in [0.25, 0.3) is 127 Å². The average molecular weight is 880 g/mol. The lowest BCUT2D eigenvalue weighted by atomic mass is 10.0. The lowest BCUT2D eigenvalue weighted by molar-refractivity contribution is 1.16. The van der Waals surface area contributed by atoms with E-state index in [1.165, 1.54) is 32.6 Å².